The number of ether oxygens (including phenoxy) is 2. The second-order valence-corrected chi connectivity index (χ2v) is 5.61. The summed E-state index contributed by atoms with van der Waals surface area (Å²) in [6.07, 6.45) is 3.42. The molecule has 1 atom stereocenters. The van der Waals surface area contributed by atoms with Crippen molar-refractivity contribution in [2.45, 2.75) is 58.1 Å². The first-order valence-corrected chi connectivity index (χ1v) is 7.98. The van der Waals surface area contributed by atoms with Gasteiger partial charge in [-0.25, -0.2) is 0 Å². The standard InChI is InChI=1S/C15H27N3O3/c1-4-8-16-12(3)11-13-17-14(18-21-13)15(20-5-2)6-9-19-10-7-15/h12,16H,4-11H2,1-3H3. The van der Waals surface area contributed by atoms with E-state index in [0.29, 0.717) is 37.6 Å². The van der Waals surface area contributed by atoms with Crippen molar-refractivity contribution in [1.29, 1.82) is 0 Å². The third-order valence-corrected chi connectivity index (χ3v) is 3.82. The van der Waals surface area contributed by atoms with Gasteiger partial charge in [0.25, 0.3) is 0 Å². The lowest BCUT2D eigenvalue weighted by Gasteiger charge is -2.33. The highest BCUT2D eigenvalue weighted by Gasteiger charge is 2.39. The van der Waals surface area contributed by atoms with Crippen LogP contribution in [0.15, 0.2) is 4.52 Å². The molecule has 0 radical (unpaired) electrons. The van der Waals surface area contributed by atoms with E-state index in [4.69, 9.17) is 14.0 Å². The molecule has 120 valence electrons. The molecule has 6 heteroatoms. The zero-order valence-corrected chi connectivity index (χ0v) is 13.4. The molecule has 21 heavy (non-hydrogen) atoms. The molecule has 0 bridgehead atoms. The largest absolute Gasteiger partial charge is 0.381 e. The number of nitrogens with zero attached hydrogens (tertiary/aromatic N) is 2. The van der Waals surface area contributed by atoms with Crippen LogP contribution in [0.3, 0.4) is 0 Å². The molecule has 1 unspecified atom stereocenters. The summed E-state index contributed by atoms with van der Waals surface area (Å²) in [7, 11) is 0. The van der Waals surface area contributed by atoms with Crippen LogP contribution >= 0.6 is 0 Å². The van der Waals surface area contributed by atoms with E-state index in [2.05, 4.69) is 29.3 Å². The minimum absolute atomic E-state index is 0.330. The third-order valence-electron chi connectivity index (χ3n) is 3.82. The van der Waals surface area contributed by atoms with Crippen molar-refractivity contribution < 1.29 is 14.0 Å². The van der Waals surface area contributed by atoms with Gasteiger partial charge < -0.3 is 19.3 Å². The van der Waals surface area contributed by atoms with Gasteiger partial charge in [-0.1, -0.05) is 12.1 Å². The number of nitrogens with one attached hydrogen (secondary N) is 1. The Balaban J connectivity index is 2.02. The summed E-state index contributed by atoms with van der Waals surface area (Å²) < 4.78 is 16.8. The minimum atomic E-state index is -0.436. The smallest absolute Gasteiger partial charge is 0.228 e. The van der Waals surface area contributed by atoms with E-state index in [0.717, 1.165) is 32.2 Å². The summed E-state index contributed by atoms with van der Waals surface area (Å²) in [5.74, 6) is 1.34. The maximum Gasteiger partial charge on any atom is 0.228 e. The summed E-state index contributed by atoms with van der Waals surface area (Å²) in [6, 6.07) is 0.330. The van der Waals surface area contributed by atoms with Gasteiger partial charge in [-0.15, -0.1) is 0 Å². The number of aromatic nitrogens is 2. The molecule has 0 amide bonds. The summed E-state index contributed by atoms with van der Waals surface area (Å²) in [5, 5.41) is 7.59. The Kier molecular flexibility index (Phi) is 6.14. The number of hydrogen-bond donors (Lipinski definition) is 1. The Bertz CT molecular complexity index is 411. The summed E-state index contributed by atoms with van der Waals surface area (Å²) in [6.45, 7) is 9.28. The summed E-state index contributed by atoms with van der Waals surface area (Å²) in [4.78, 5) is 4.57. The van der Waals surface area contributed by atoms with E-state index in [1.807, 2.05) is 6.92 Å². The third kappa shape index (κ3) is 4.25. The maximum atomic E-state index is 5.96. The van der Waals surface area contributed by atoms with Crippen molar-refractivity contribution in [2.24, 2.45) is 0 Å². The average molecular weight is 297 g/mol. The quantitative estimate of drug-likeness (QED) is 0.792. The van der Waals surface area contributed by atoms with Crippen LogP contribution in [-0.4, -0.2) is 42.5 Å². The summed E-state index contributed by atoms with van der Waals surface area (Å²) in [5.41, 5.74) is -0.436. The molecule has 0 spiro atoms. The van der Waals surface area contributed by atoms with Gasteiger partial charge in [-0.05, 0) is 26.8 Å². The minimum Gasteiger partial charge on any atom is -0.381 e. The second kappa shape index (κ2) is 7.87. The monoisotopic (exact) mass is 297 g/mol. The van der Waals surface area contributed by atoms with Crippen LogP contribution in [0.1, 0.15) is 51.7 Å². The molecular weight excluding hydrogens is 270 g/mol. The van der Waals surface area contributed by atoms with Crippen molar-refractivity contribution in [3.63, 3.8) is 0 Å². The first-order chi connectivity index (χ1) is 10.2. The lowest BCUT2D eigenvalue weighted by atomic mass is 9.93. The van der Waals surface area contributed by atoms with Crippen LogP contribution in [-0.2, 0) is 21.5 Å². The highest BCUT2D eigenvalue weighted by Crippen LogP contribution is 2.34. The van der Waals surface area contributed by atoms with Crippen molar-refractivity contribution in [2.75, 3.05) is 26.4 Å². The fourth-order valence-electron chi connectivity index (χ4n) is 2.66. The van der Waals surface area contributed by atoms with Gasteiger partial charge in [-0.3, -0.25) is 0 Å². The van der Waals surface area contributed by atoms with Crippen LogP contribution < -0.4 is 5.32 Å². The molecule has 1 aromatic heterocycles. The van der Waals surface area contributed by atoms with Crippen LogP contribution in [0.5, 0.6) is 0 Å². The lowest BCUT2D eigenvalue weighted by molar-refractivity contribution is -0.118. The predicted octanol–water partition coefficient (Wildman–Crippen LogP) is 2.04. The van der Waals surface area contributed by atoms with Crippen molar-refractivity contribution in [1.82, 2.24) is 15.5 Å². The maximum absolute atomic E-state index is 5.96. The number of rotatable bonds is 8. The Morgan fingerprint density at radius 2 is 2.10 bits per heavy atom. The molecule has 0 saturated carbocycles. The van der Waals surface area contributed by atoms with E-state index in [1.165, 1.54) is 0 Å². The van der Waals surface area contributed by atoms with Crippen LogP contribution in [0.4, 0.5) is 0 Å². The van der Waals surface area contributed by atoms with E-state index >= 15 is 0 Å². The molecule has 1 N–H and O–H groups in total. The topological polar surface area (TPSA) is 69.4 Å². The first kappa shape index (κ1) is 16.4. The van der Waals surface area contributed by atoms with Crippen LogP contribution in [0.2, 0.25) is 0 Å². The molecule has 0 aromatic carbocycles. The molecular formula is C15H27N3O3. The summed E-state index contributed by atoms with van der Waals surface area (Å²) >= 11 is 0. The van der Waals surface area contributed by atoms with Gasteiger partial charge >= 0.3 is 0 Å². The molecule has 1 aromatic rings. The fraction of sp³-hybridized carbons (Fsp3) is 0.867. The first-order valence-electron chi connectivity index (χ1n) is 7.98. The molecule has 1 aliphatic rings. The van der Waals surface area contributed by atoms with Crippen molar-refractivity contribution >= 4 is 0 Å². The molecule has 0 aliphatic carbocycles. The second-order valence-electron chi connectivity index (χ2n) is 5.61. The SMILES string of the molecule is CCCNC(C)Cc1nc(C2(OCC)CCOCC2)no1. The number of hydrogen-bond acceptors (Lipinski definition) is 6. The van der Waals surface area contributed by atoms with Crippen LogP contribution in [0, 0.1) is 0 Å². The van der Waals surface area contributed by atoms with Gasteiger partial charge in [0.15, 0.2) is 0 Å². The van der Waals surface area contributed by atoms with Crippen molar-refractivity contribution in [3.05, 3.63) is 11.7 Å². The Labute approximate surface area is 126 Å². The van der Waals surface area contributed by atoms with Gasteiger partial charge in [0, 0.05) is 45.1 Å². The van der Waals surface area contributed by atoms with E-state index < -0.39 is 5.60 Å². The Morgan fingerprint density at radius 1 is 1.33 bits per heavy atom. The lowest BCUT2D eigenvalue weighted by Crippen LogP contribution is -2.37. The fourth-order valence-corrected chi connectivity index (χ4v) is 2.66. The zero-order chi connectivity index (χ0) is 15.1. The van der Waals surface area contributed by atoms with Crippen molar-refractivity contribution in [3.8, 4) is 0 Å². The molecule has 1 aliphatic heterocycles. The van der Waals surface area contributed by atoms with E-state index in [-0.39, 0.29) is 0 Å². The Morgan fingerprint density at radius 3 is 2.76 bits per heavy atom. The Hall–Kier alpha value is -0.980. The van der Waals surface area contributed by atoms with Crippen LogP contribution in [0.25, 0.3) is 0 Å². The predicted molar refractivity (Wildman–Crippen MR) is 79.1 cm³/mol. The van der Waals surface area contributed by atoms with E-state index in [9.17, 15) is 0 Å². The van der Waals surface area contributed by atoms with Gasteiger partial charge in [0.2, 0.25) is 11.7 Å². The van der Waals surface area contributed by atoms with Gasteiger partial charge in [0.05, 0.1) is 0 Å². The van der Waals surface area contributed by atoms with E-state index in [1.54, 1.807) is 0 Å². The van der Waals surface area contributed by atoms with Gasteiger partial charge in [-0.2, -0.15) is 4.98 Å². The molecule has 6 nitrogen and oxygen atoms in total. The van der Waals surface area contributed by atoms with Gasteiger partial charge in [0.1, 0.15) is 5.60 Å². The molecule has 2 heterocycles. The zero-order valence-electron chi connectivity index (χ0n) is 13.4. The molecule has 2 rings (SSSR count). The highest BCUT2D eigenvalue weighted by molar-refractivity contribution is 5.03. The average Bonchev–Trinajstić information content (AvgIpc) is 2.95. The normalized spacial score (nSPS) is 19.6. The molecule has 1 fully saturated rings. The molecule has 1 saturated heterocycles. The highest BCUT2D eigenvalue weighted by atomic mass is 16.5.